The predicted octanol–water partition coefficient (Wildman–Crippen LogP) is 2.57. The summed E-state index contributed by atoms with van der Waals surface area (Å²) < 4.78 is 5.49. The van der Waals surface area contributed by atoms with Gasteiger partial charge in [-0.2, -0.15) is 0 Å². The second-order valence-corrected chi connectivity index (χ2v) is 4.51. The van der Waals surface area contributed by atoms with Crippen molar-refractivity contribution in [3.63, 3.8) is 0 Å². The summed E-state index contributed by atoms with van der Waals surface area (Å²) in [5.41, 5.74) is 1.01. The van der Waals surface area contributed by atoms with Crippen molar-refractivity contribution >= 4 is 0 Å². The zero-order valence-corrected chi connectivity index (χ0v) is 9.68. The van der Waals surface area contributed by atoms with E-state index in [9.17, 15) is 0 Å². The molecule has 1 N–H and O–H groups in total. The minimum absolute atomic E-state index is 0.765. The molecule has 1 aromatic heterocycles. The highest BCUT2D eigenvalue weighted by molar-refractivity contribution is 5.05. The molecule has 0 amide bonds. The zero-order chi connectivity index (χ0) is 10.7. The lowest BCUT2D eigenvalue weighted by Crippen LogP contribution is -2.21. The third-order valence-electron chi connectivity index (χ3n) is 3.30. The Kier molecular flexibility index (Phi) is 3.41. The van der Waals surface area contributed by atoms with Gasteiger partial charge in [-0.3, -0.25) is 0 Å². The Morgan fingerprint density at radius 2 is 2.20 bits per heavy atom. The molecule has 1 fully saturated rings. The van der Waals surface area contributed by atoms with Crippen molar-refractivity contribution in [1.29, 1.82) is 0 Å². The maximum Gasteiger partial charge on any atom is 0.208 e. The molecule has 1 aliphatic rings. The Labute approximate surface area is 91.3 Å². The fourth-order valence-electron chi connectivity index (χ4n) is 1.90. The van der Waals surface area contributed by atoms with Crippen LogP contribution in [0.1, 0.15) is 43.0 Å². The van der Waals surface area contributed by atoms with E-state index in [4.69, 9.17) is 4.42 Å². The van der Waals surface area contributed by atoms with Crippen LogP contribution in [0.3, 0.4) is 0 Å². The highest BCUT2D eigenvalue weighted by Crippen LogP contribution is 2.28. The van der Waals surface area contributed by atoms with Crippen molar-refractivity contribution in [2.75, 3.05) is 6.54 Å². The number of nitrogens with one attached hydrogen (secondary N) is 1. The molecule has 84 valence electrons. The molecule has 2 rings (SSSR count). The predicted molar refractivity (Wildman–Crippen MR) is 59.6 cm³/mol. The molecule has 15 heavy (non-hydrogen) atoms. The maximum absolute atomic E-state index is 5.49. The van der Waals surface area contributed by atoms with Crippen LogP contribution >= 0.6 is 0 Å². The first-order valence-electron chi connectivity index (χ1n) is 5.89. The average Bonchev–Trinajstić information content (AvgIpc) is 2.43. The molecular formula is C12H20N2O. The zero-order valence-electron chi connectivity index (χ0n) is 9.68. The number of hydrogen-bond acceptors (Lipinski definition) is 3. The summed E-state index contributed by atoms with van der Waals surface area (Å²) in [7, 11) is 0. The minimum atomic E-state index is 0.765. The van der Waals surface area contributed by atoms with Gasteiger partial charge in [-0.25, -0.2) is 4.98 Å². The van der Waals surface area contributed by atoms with Crippen molar-refractivity contribution in [2.24, 2.45) is 5.92 Å². The number of aromatic nitrogens is 1. The molecule has 0 bridgehead atoms. The quantitative estimate of drug-likeness (QED) is 0.756. The molecule has 3 heteroatoms. The van der Waals surface area contributed by atoms with Gasteiger partial charge in [0.15, 0.2) is 0 Å². The summed E-state index contributed by atoms with van der Waals surface area (Å²) >= 11 is 0. The van der Waals surface area contributed by atoms with Gasteiger partial charge in [0, 0.05) is 0 Å². The van der Waals surface area contributed by atoms with Crippen molar-refractivity contribution < 1.29 is 4.42 Å². The first kappa shape index (κ1) is 10.7. The number of hydrogen-bond donors (Lipinski definition) is 1. The van der Waals surface area contributed by atoms with E-state index < -0.39 is 0 Å². The summed E-state index contributed by atoms with van der Waals surface area (Å²) in [6.45, 7) is 5.80. The molecule has 0 radical (unpaired) electrons. The highest BCUT2D eigenvalue weighted by Gasteiger charge is 2.16. The molecule has 0 aliphatic heterocycles. The van der Waals surface area contributed by atoms with E-state index >= 15 is 0 Å². The maximum atomic E-state index is 5.49. The fourth-order valence-corrected chi connectivity index (χ4v) is 1.90. The standard InChI is InChI=1S/C12H20N2O/c1-9-10(2)15-12(14-9)8-13-7-6-11-4-3-5-11/h11,13H,3-8H2,1-2H3. The number of aryl methyl sites for hydroxylation is 2. The minimum Gasteiger partial charge on any atom is -0.444 e. The van der Waals surface area contributed by atoms with Gasteiger partial charge in [0.2, 0.25) is 5.89 Å². The fraction of sp³-hybridized carbons (Fsp3) is 0.750. The Morgan fingerprint density at radius 1 is 1.40 bits per heavy atom. The van der Waals surface area contributed by atoms with Crippen LogP contribution in [-0.4, -0.2) is 11.5 Å². The molecule has 0 atom stereocenters. The van der Waals surface area contributed by atoms with E-state index in [1.165, 1.54) is 25.7 Å². The van der Waals surface area contributed by atoms with Crippen molar-refractivity contribution in [2.45, 2.75) is 46.1 Å². The molecule has 1 aromatic rings. The van der Waals surface area contributed by atoms with Gasteiger partial charge in [-0.05, 0) is 32.7 Å². The Morgan fingerprint density at radius 3 is 2.73 bits per heavy atom. The van der Waals surface area contributed by atoms with Crippen LogP contribution in [-0.2, 0) is 6.54 Å². The van der Waals surface area contributed by atoms with E-state index in [1.807, 2.05) is 13.8 Å². The molecule has 3 nitrogen and oxygen atoms in total. The summed E-state index contributed by atoms with van der Waals surface area (Å²) in [4.78, 5) is 4.33. The Bertz CT molecular complexity index is 296. The van der Waals surface area contributed by atoms with E-state index in [0.29, 0.717) is 0 Å². The monoisotopic (exact) mass is 208 g/mol. The topological polar surface area (TPSA) is 38.1 Å². The van der Waals surface area contributed by atoms with Gasteiger partial charge >= 0.3 is 0 Å². The lowest BCUT2D eigenvalue weighted by atomic mass is 9.83. The van der Waals surface area contributed by atoms with Crippen LogP contribution in [0.2, 0.25) is 0 Å². The van der Waals surface area contributed by atoms with E-state index in [-0.39, 0.29) is 0 Å². The van der Waals surface area contributed by atoms with Crippen molar-refractivity contribution in [3.05, 3.63) is 17.3 Å². The van der Waals surface area contributed by atoms with Gasteiger partial charge in [0.1, 0.15) is 5.76 Å². The lowest BCUT2D eigenvalue weighted by molar-refractivity contribution is 0.290. The molecule has 0 aromatic carbocycles. The summed E-state index contributed by atoms with van der Waals surface area (Å²) in [6, 6.07) is 0. The van der Waals surface area contributed by atoms with Crippen molar-refractivity contribution in [1.82, 2.24) is 10.3 Å². The largest absolute Gasteiger partial charge is 0.444 e. The van der Waals surface area contributed by atoms with Gasteiger partial charge in [-0.15, -0.1) is 0 Å². The second-order valence-electron chi connectivity index (χ2n) is 4.51. The molecular weight excluding hydrogens is 188 g/mol. The van der Waals surface area contributed by atoms with Crippen LogP contribution in [0.4, 0.5) is 0 Å². The third kappa shape index (κ3) is 2.81. The van der Waals surface area contributed by atoms with E-state index in [0.717, 1.165) is 36.4 Å². The van der Waals surface area contributed by atoms with Crippen LogP contribution in [0.25, 0.3) is 0 Å². The van der Waals surface area contributed by atoms with E-state index in [2.05, 4.69) is 10.3 Å². The van der Waals surface area contributed by atoms with Gasteiger partial charge in [0.05, 0.1) is 12.2 Å². The van der Waals surface area contributed by atoms with Crippen LogP contribution < -0.4 is 5.32 Å². The SMILES string of the molecule is Cc1nc(CNCCC2CCC2)oc1C. The highest BCUT2D eigenvalue weighted by atomic mass is 16.4. The number of oxazole rings is 1. The molecule has 0 saturated heterocycles. The Balaban J connectivity index is 1.64. The van der Waals surface area contributed by atoms with Crippen molar-refractivity contribution in [3.8, 4) is 0 Å². The number of rotatable bonds is 5. The van der Waals surface area contributed by atoms with Crippen LogP contribution in [0.15, 0.2) is 4.42 Å². The van der Waals surface area contributed by atoms with Crippen LogP contribution in [0, 0.1) is 19.8 Å². The molecule has 0 unspecified atom stereocenters. The smallest absolute Gasteiger partial charge is 0.208 e. The second kappa shape index (κ2) is 4.79. The normalized spacial score (nSPS) is 16.7. The first-order chi connectivity index (χ1) is 7.25. The Hall–Kier alpha value is -0.830. The molecule has 0 spiro atoms. The third-order valence-corrected chi connectivity index (χ3v) is 3.30. The summed E-state index contributed by atoms with van der Waals surface area (Å²) in [5, 5.41) is 3.39. The van der Waals surface area contributed by atoms with Gasteiger partial charge < -0.3 is 9.73 Å². The molecule has 1 saturated carbocycles. The molecule has 1 aliphatic carbocycles. The summed E-state index contributed by atoms with van der Waals surface area (Å²) in [6.07, 6.45) is 5.60. The summed E-state index contributed by atoms with van der Waals surface area (Å²) in [5.74, 6) is 2.73. The van der Waals surface area contributed by atoms with Crippen LogP contribution in [0.5, 0.6) is 0 Å². The first-order valence-corrected chi connectivity index (χ1v) is 5.89. The van der Waals surface area contributed by atoms with E-state index in [1.54, 1.807) is 0 Å². The lowest BCUT2D eigenvalue weighted by Gasteiger charge is -2.24. The van der Waals surface area contributed by atoms with Gasteiger partial charge in [-0.1, -0.05) is 19.3 Å². The molecule has 1 heterocycles. The van der Waals surface area contributed by atoms with Gasteiger partial charge in [0.25, 0.3) is 0 Å². The number of nitrogens with zero attached hydrogens (tertiary/aromatic N) is 1. The average molecular weight is 208 g/mol.